The highest BCUT2D eigenvalue weighted by molar-refractivity contribution is 4.93. The van der Waals surface area contributed by atoms with Crippen molar-refractivity contribution >= 4 is 0 Å². The topological polar surface area (TPSA) is 29.9 Å². The van der Waals surface area contributed by atoms with E-state index in [-0.39, 0.29) is 0 Å². The van der Waals surface area contributed by atoms with E-state index in [1.807, 2.05) is 13.2 Å². The van der Waals surface area contributed by atoms with Crippen molar-refractivity contribution < 1.29 is 0 Å². The molecule has 0 fully saturated rings. The molecule has 1 N–H and O–H groups in total. The SMILES string of the molecule is CCCn1ccnc1CCC(NC)C(C)C. The summed E-state index contributed by atoms with van der Waals surface area (Å²) in [6.07, 6.45) is 7.39. The second kappa shape index (κ2) is 6.69. The van der Waals surface area contributed by atoms with E-state index in [4.69, 9.17) is 0 Å². The molecule has 0 radical (unpaired) electrons. The van der Waals surface area contributed by atoms with Gasteiger partial charge < -0.3 is 9.88 Å². The van der Waals surface area contributed by atoms with Crippen LogP contribution in [-0.2, 0) is 13.0 Å². The van der Waals surface area contributed by atoms with E-state index in [2.05, 4.69) is 41.8 Å². The van der Waals surface area contributed by atoms with Gasteiger partial charge in [0.1, 0.15) is 5.82 Å². The molecule has 0 spiro atoms. The number of rotatable bonds is 7. The summed E-state index contributed by atoms with van der Waals surface area (Å²) in [6, 6.07) is 0.590. The van der Waals surface area contributed by atoms with Crippen molar-refractivity contribution in [1.82, 2.24) is 14.9 Å². The third-order valence-electron chi connectivity index (χ3n) is 3.12. The predicted molar refractivity (Wildman–Crippen MR) is 68.5 cm³/mol. The van der Waals surface area contributed by atoms with Crippen molar-refractivity contribution in [2.75, 3.05) is 7.05 Å². The molecule has 1 unspecified atom stereocenters. The maximum Gasteiger partial charge on any atom is 0.108 e. The molecule has 0 aliphatic carbocycles. The molecule has 0 aliphatic heterocycles. The van der Waals surface area contributed by atoms with Gasteiger partial charge in [0.2, 0.25) is 0 Å². The van der Waals surface area contributed by atoms with E-state index in [0.717, 1.165) is 19.4 Å². The zero-order chi connectivity index (χ0) is 12.0. The van der Waals surface area contributed by atoms with Crippen LogP contribution in [0.4, 0.5) is 0 Å². The van der Waals surface area contributed by atoms with Gasteiger partial charge in [0.05, 0.1) is 0 Å². The van der Waals surface area contributed by atoms with E-state index < -0.39 is 0 Å². The van der Waals surface area contributed by atoms with Crippen LogP contribution >= 0.6 is 0 Å². The molecule has 1 atom stereocenters. The summed E-state index contributed by atoms with van der Waals surface area (Å²) in [4.78, 5) is 4.44. The average molecular weight is 223 g/mol. The Morgan fingerprint density at radius 1 is 1.44 bits per heavy atom. The predicted octanol–water partition coefficient (Wildman–Crippen LogP) is 2.47. The van der Waals surface area contributed by atoms with Crippen LogP contribution in [0.3, 0.4) is 0 Å². The number of nitrogens with zero attached hydrogens (tertiary/aromatic N) is 2. The van der Waals surface area contributed by atoms with Crippen molar-refractivity contribution in [3.8, 4) is 0 Å². The maximum absolute atomic E-state index is 4.44. The van der Waals surface area contributed by atoms with Crippen molar-refractivity contribution in [3.63, 3.8) is 0 Å². The molecule has 1 heterocycles. The molecular weight excluding hydrogens is 198 g/mol. The number of hydrogen-bond donors (Lipinski definition) is 1. The van der Waals surface area contributed by atoms with Crippen LogP contribution in [0.1, 0.15) is 39.4 Å². The molecule has 1 rings (SSSR count). The smallest absolute Gasteiger partial charge is 0.108 e. The van der Waals surface area contributed by atoms with Crippen LogP contribution in [0.15, 0.2) is 12.4 Å². The van der Waals surface area contributed by atoms with Gasteiger partial charge in [-0.1, -0.05) is 20.8 Å². The Balaban J connectivity index is 2.49. The Morgan fingerprint density at radius 2 is 2.19 bits per heavy atom. The van der Waals surface area contributed by atoms with Gasteiger partial charge in [0.25, 0.3) is 0 Å². The third-order valence-corrected chi connectivity index (χ3v) is 3.12. The first kappa shape index (κ1) is 13.2. The Labute approximate surface area is 99.3 Å². The number of aryl methyl sites for hydroxylation is 2. The lowest BCUT2D eigenvalue weighted by Crippen LogP contribution is -2.31. The quantitative estimate of drug-likeness (QED) is 0.769. The Kier molecular flexibility index (Phi) is 5.53. The fourth-order valence-corrected chi connectivity index (χ4v) is 2.11. The molecule has 0 saturated heterocycles. The van der Waals surface area contributed by atoms with E-state index in [0.29, 0.717) is 12.0 Å². The first-order valence-corrected chi connectivity index (χ1v) is 6.36. The highest BCUT2D eigenvalue weighted by Gasteiger charge is 2.12. The molecule has 16 heavy (non-hydrogen) atoms. The molecule has 3 heteroatoms. The second-order valence-electron chi connectivity index (χ2n) is 4.71. The van der Waals surface area contributed by atoms with E-state index in [1.165, 1.54) is 12.2 Å². The maximum atomic E-state index is 4.44. The van der Waals surface area contributed by atoms with Crippen LogP contribution in [-0.4, -0.2) is 22.6 Å². The highest BCUT2D eigenvalue weighted by atomic mass is 15.1. The molecule has 0 aromatic carbocycles. The van der Waals surface area contributed by atoms with Crippen LogP contribution in [0.5, 0.6) is 0 Å². The summed E-state index contributed by atoms with van der Waals surface area (Å²) in [5, 5.41) is 3.38. The molecule has 92 valence electrons. The van der Waals surface area contributed by atoms with Crippen molar-refractivity contribution in [2.45, 2.75) is 52.6 Å². The van der Waals surface area contributed by atoms with Gasteiger partial charge in [-0.3, -0.25) is 0 Å². The summed E-state index contributed by atoms with van der Waals surface area (Å²) >= 11 is 0. The molecule has 0 saturated carbocycles. The molecule has 1 aromatic rings. The molecule has 3 nitrogen and oxygen atoms in total. The highest BCUT2D eigenvalue weighted by Crippen LogP contribution is 2.10. The van der Waals surface area contributed by atoms with Gasteiger partial charge in [0, 0.05) is 31.4 Å². The fourth-order valence-electron chi connectivity index (χ4n) is 2.11. The number of nitrogens with one attached hydrogen (secondary N) is 1. The van der Waals surface area contributed by atoms with Gasteiger partial charge >= 0.3 is 0 Å². The molecular formula is C13H25N3. The third kappa shape index (κ3) is 3.63. The minimum atomic E-state index is 0.590. The largest absolute Gasteiger partial charge is 0.335 e. The van der Waals surface area contributed by atoms with Gasteiger partial charge in [-0.15, -0.1) is 0 Å². The summed E-state index contributed by atoms with van der Waals surface area (Å²) in [6.45, 7) is 7.81. The van der Waals surface area contributed by atoms with Crippen LogP contribution < -0.4 is 5.32 Å². The summed E-state index contributed by atoms with van der Waals surface area (Å²) in [5.74, 6) is 1.90. The Bertz CT molecular complexity index is 291. The number of imidazole rings is 1. The monoisotopic (exact) mass is 223 g/mol. The van der Waals surface area contributed by atoms with Crippen LogP contribution in [0.25, 0.3) is 0 Å². The van der Waals surface area contributed by atoms with E-state index >= 15 is 0 Å². The number of aromatic nitrogens is 2. The Hall–Kier alpha value is -0.830. The lowest BCUT2D eigenvalue weighted by molar-refractivity contribution is 0.397. The summed E-state index contributed by atoms with van der Waals surface area (Å²) in [7, 11) is 2.04. The normalized spacial score (nSPS) is 13.3. The van der Waals surface area contributed by atoms with Crippen molar-refractivity contribution in [2.24, 2.45) is 5.92 Å². The molecule has 1 aromatic heterocycles. The Morgan fingerprint density at radius 3 is 2.75 bits per heavy atom. The molecule has 0 aliphatic rings. The van der Waals surface area contributed by atoms with Gasteiger partial charge in [0.15, 0.2) is 0 Å². The lowest BCUT2D eigenvalue weighted by Gasteiger charge is -2.20. The van der Waals surface area contributed by atoms with Gasteiger partial charge in [-0.25, -0.2) is 4.98 Å². The fraction of sp³-hybridized carbons (Fsp3) is 0.769. The lowest BCUT2D eigenvalue weighted by atomic mass is 9.99. The van der Waals surface area contributed by atoms with Gasteiger partial charge in [-0.05, 0) is 25.8 Å². The first-order chi connectivity index (χ1) is 7.69. The summed E-state index contributed by atoms with van der Waals surface area (Å²) in [5.41, 5.74) is 0. The van der Waals surface area contributed by atoms with Crippen LogP contribution in [0, 0.1) is 5.92 Å². The average Bonchev–Trinajstić information content (AvgIpc) is 2.67. The number of hydrogen-bond acceptors (Lipinski definition) is 2. The van der Waals surface area contributed by atoms with Crippen LogP contribution in [0.2, 0.25) is 0 Å². The molecule has 0 amide bonds. The first-order valence-electron chi connectivity index (χ1n) is 6.36. The minimum Gasteiger partial charge on any atom is -0.335 e. The minimum absolute atomic E-state index is 0.590. The standard InChI is InChI=1S/C13H25N3/c1-5-9-16-10-8-15-13(16)7-6-12(14-4)11(2)3/h8,10-12,14H,5-7,9H2,1-4H3. The molecule has 0 bridgehead atoms. The second-order valence-corrected chi connectivity index (χ2v) is 4.71. The summed E-state index contributed by atoms with van der Waals surface area (Å²) < 4.78 is 2.27. The van der Waals surface area contributed by atoms with E-state index in [1.54, 1.807) is 0 Å². The zero-order valence-corrected chi connectivity index (χ0v) is 11.0. The van der Waals surface area contributed by atoms with Crippen molar-refractivity contribution in [1.29, 1.82) is 0 Å². The van der Waals surface area contributed by atoms with Gasteiger partial charge in [-0.2, -0.15) is 0 Å². The van der Waals surface area contributed by atoms with Crippen molar-refractivity contribution in [3.05, 3.63) is 18.2 Å². The zero-order valence-electron chi connectivity index (χ0n) is 11.0. The van der Waals surface area contributed by atoms with E-state index in [9.17, 15) is 0 Å².